The Morgan fingerprint density at radius 3 is 2.44 bits per heavy atom. The normalized spacial score (nSPS) is 11.1. The molecule has 0 saturated carbocycles. The van der Waals surface area contributed by atoms with Crippen LogP contribution in [0.1, 0.15) is 6.92 Å². The van der Waals surface area contributed by atoms with Crippen LogP contribution < -0.4 is 9.46 Å². The summed E-state index contributed by atoms with van der Waals surface area (Å²) in [4.78, 5) is 10.2. The third-order valence-corrected chi connectivity index (χ3v) is 3.24. The van der Waals surface area contributed by atoms with Gasteiger partial charge in [0, 0.05) is 0 Å². The predicted octanol–water partition coefficient (Wildman–Crippen LogP) is 0.562. The number of hydrogen-bond acceptors (Lipinski definition) is 4. The van der Waals surface area contributed by atoms with Crippen LogP contribution in [0.25, 0.3) is 0 Å². The van der Waals surface area contributed by atoms with E-state index in [1.807, 2.05) is 6.92 Å². The summed E-state index contributed by atoms with van der Waals surface area (Å²) in [5.41, 5.74) is 0. The highest BCUT2D eigenvalue weighted by Gasteiger charge is 2.12. The summed E-state index contributed by atoms with van der Waals surface area (Å²) in [6.45, 7) is 2.14. The van der Waals surface area contributed by atoms with E-state index in [4.69, 9.17) is 4.74 Å². The summed E-state index contributed by atoms with van der Waals surface area (Å²) in [7, 11) is -3.59. The van der Waals surface area contributed by atoms with Gasteiger partial charge >= 0.3 is 0 Å². The van der Waals surface area contributed by atoms with Crippen molar-refractivity contribution in [2.45, 2.75) is 11.8 Å². The van der Waals surface area contributed by atoms with Gasteiger partial charge in [-0.1, -0.05) is 0 Å². The SMILES string of the molecule is CCOc1ccc(S(=O)(=O)NCC=O)cc1. The van der Waals surface area contributed by atoms with Gasteiger partial charge in [0.05, 0.1) is 18.0 Å². The van der Waals surface area contributed by atoms with Crippen molar-refractivity contribution in [3.05, 3.63) is 24.3 Å². The Labute approximate surface area is 94.5 Å². The molecule has 0 saturated heterocycles. The first-order valence-corrected chi connectivity index (χ1v) is 6.24. The lowest BCUT2D eigenvalue weighted by atomic mass is 10.3. The Morgan fingerprint density at radius 2 is 1.94 bits per heavy atom. The van der Waals surface area contributed by atoms with Crippen molar-refractivity contribution >= 4 is 16.3 Å². The zero-order valence-electron chi connectivity index (χ0n) is 8.84. The van der Waals surface area contributed by atoms with Crippen LogP contribution in [0.3, 0.4) is 0 Å². The summed E-state index contributed by atoms with van der Waals surface area (Å²) in [5.74, 6) is 0.608. The molecule has 16 heavy (non-hydrogen) atoms. The van der Waals surface area contributed by atoms with Crippen LogP contribution in [0.5, 0.6) is 5.75 Å². The molecular formula is C10H13NO4S. The lowest BCUT2D eigenvalue weighted by molar-refractivity contribution is -0.106. The van der Waals surface area contributed by atoms with Gasteiger partial charge in [-0.05, 0) is 31.2 Å². The van der Waals surface area contributed by atoms with E-state index in [1.165, 1.54) is 12.1 Å². The molecule has 0 fully saturated rings. The number of hydrogen-bond donors (Lipinski definition) is 1. The molecule has 0 aliphatic carbocycles. The van der Waals surface area contributed by atoms with E-state index in [0.717, 1.165) is 0 Å². The van der Waals surface area contributed by atoms with Gasteiger partial charge in [0.15, 0.2) is 0 Å². The second-order valence-electron chi connectivity index (χ2n) is 2.92. The molecule has 1 rings (SSSR count). The van der Waals surface area contributed by atoms with Gasteiger partial charge in [0.25, 0.3) is 0 Å². The van der Waals surface area contributed by atoms with E-state index in [1.54, 1.807) is 12.1 Å². The van der Waals surface area contributed by atoms with Gasteiger partial charge in [-0.3, -0.25) is 0 Å². The number of benzene rings is 1. The maximum absolute atomic E-state index is 11.5. The number of carbonyl (C=O) groups is 1. The maximum Gasteiger partial charge on any atom is 0.240 e. The smallest absolute Gasteiger partial charge is 0.240 e. The Hall–Kier alpha value is -1.40. The van der Waals surface area contributed by atoms with Crippen molar-refractivity contribution in [1.82, 2.24) is 4.72 Å². The highest BCUT2D eigenvalue weighted by Crippen LogP contribution is 2.15. The molecule has 88 valence electrons. The Balaban J connectivity index is 2.84. The number of carbonyl (C=O) groups excluding carboxylic acids is 1. The van der Waals surface area contributed by atoms with E-state index in [-0.39, 0.29) is 11.4 Å². The lowest BCUT2D eigenvalue weighted by Crippen LogP contribution is -2.25. The van der Waals surface area contributed by atoms with E-state index >= 15 is 0 Å². The topological polar surface area (TPSA) is 72.5 Å². The number of sulfonamides is 1. The highest BCUT2D eigenvalue weighted by atomic mass is 32.2. The highest BCUT2D eigenvalue weighted by molar-refractivity contribution is 7.89. The molecule has 1 N–H and O–H groups in total. The average Bonchev–Trinajstić information content (AvgIpc) is 2.28. The molecule has 0 aliphatic rings. The fraction of sp³-hybridized carbons (Fsp3) is 0.300. The van der Waals surface area contributed by atoms with Crippen LogP contribution in [0.4, 0.5) is 0 Å². The summed E-state index contributed by atoms with van der Waals surface area (Å²) in [5, 5.41) is 0. The second kappa shape index (κ2) is 5.62. The number of nitrogens with one attached hydrogen (secondary N) is 1. The molecule has 0 aliphatic heterocycles. The van der Waals surface area contributed by atoms with Crippen molar-refractivity contribution in [3.63, 3.8) is 0 Å². The molecule has 0 aromatic heterocycles. The lowest BCUT2D eigenvalue weighted by Gasteiger charge is -2.05. The maximum atomic E-state index is 11.5. The zero-order valence-corrected chi connectivity index (χ0v) is 9.66. The fourth-order valence-electron chi connectivity index (χ4n) is 1.11. The van der Waals surface area contributed by atoms with Gasteiger partial charge in [-0.2, -0.15) is 0 Å². The summed E-state index contributed by atoms with van der Waals surface area (Å²) >= 11 is 0. The molecule has 0 spiro atoms. The van der Waals surface area contributed by atoms with Gasteiger partial charge in [0.2, 0.25) is 10.0 Å². The third-order valence-electron chi connectivity index (χ3n) is 1.80. The van der Waals surface area contributed by atoms with Gasteiger partial charge in [-0.25, -0.2) is 13.1 Å². The average molecular weight is 243 g/mol. The van der Waals surface area contributed by atoms with Gasteiger partial charge < -0.3 is 9.53 Å². The molecule has 6 heteroatoms. The fourth-order valence-corrected chi connectivity index (χ4v) is 2.06. The monoisotopic (exact) mass is 243 g/mol. The molecule has 0 unspecified atom stereocenters. The first-order chi connectivity index (χ1) is 7.60. The molecule has 1 aromatic rings. The van der Waals surface area contributed by atoms with Crippen molar-refractivity contribution in [2.24, 2.45) is 0 Å². The van der Waals surface area contributed by atoms with Crippen LogP contribution in [0.2, 0.25) is 0 Å². The minimum absolute atomic E-state index is 0.109. The molecule has 0 atom stereocenters. The van der Waals surface area contributed by atoms with Crippen molar-refractivity contribution < 1.29 is 17.9 Å². The Kier molecular flexibility index (Phi) is 4.45. The summed E-state index contributed by atoms with van der Waals surface area (Å²) in [6, 6.07) is 5.99. The number of rotatable bonds is 6. The van der Waals surface area contributed by atoms with Crippen LogP contribution in [0.15, 0.2) is 29.2 Å². The van der Waals surface area contributed by atoms with Crippen LogP contribution in [-0.4, -0.2) is 27.9 Å². The standard InChI is InChI=1S/C10H13NO4S/c1-2-15-9-3-5-10(6-4-9)16(13,14)11-7-8-12/h3-6,8,11H,2,7H2,1H3. The first kappa shape index (κ1) is 12.7. The van der Waals surface area contributed by atoms with Crippen LogP contribution >= 0.6 is 0 Å². The third kappa shape index (κ3) is 3.32. The molecule has 0 heterocycles. The molecule has 0 bridgehead atoms. The van der Waals surface area contributed by atoms with Crippen molar-refractivity contribution in [2.75, 3.05) is 13.2 Å². The van der Waals surface area contributed by atoms with Crippen molar-refractivity contribution in [3.8, 4) is 5.75 Å². The Morgan fingerprint density at radius 1 is 1.31 bits per heavy atom. The van der Waals surface area contributed by atoms with E-state index in [9.17, 15) is 13.2 Å². The number of aldehydes is 1. The first-order valence-electron chi connectivity index (χ1n) is 4.76. The van der Waals surface area contributed by atoms with Crippen LogP contribution in [0, 0.1) is 0 Å². The van der Waals surface area contributed by atoms with E-state index < -0.39 is 10.0 Å². The van der Waals surface area contributed by atoms with Crippen LogP contribution in [-0.2, 0) is 14.8 Å². The summed E-state index contributed by atoms with van der Waals surface area (Å²) in [6.07, 6.45) is 0.492. The van der Waals surface area contributed by atoms with E-state index in [2.05, 4.69) is 4.72 Å². The minimum Gasteiger partial charge on any atom is -0.494 e. The predicted molar refractivity (Wildman–Crippen MR) is 58.9 cm³/mol. The zero-order chi connectivity index (χ0) is 12.0. The van der Waals surface area contributed by atoms with Gasteiger partial charge in [-0.15, -0.1) is 0 Å². The van der Waals surface area contributed by atoms with E-state index in [0.29, 0.717) is 18.6 Å². The quantitative estimate of drug-likeness (QED) is 0.741. The molecule has 0 amide bonds. The Bertz CT molecular complexity index is 438. The molecule has 0 radical (unpaired) electrons. The second-order valence-corrected chi connectivity index (χ2v) is 4.69. The van der Waals surface area contributed by atoms with Crippen molar-refractivity contribution in [1.29, 1.82) is 0 Å². The molecule has 5 nitrogen and oxygen atoms in total. The minimum atomic E-state index is -3.59. The summed E-state index contributed by atoms with van der Waals surface area (Å²) < 4.78 is 30.4. The number of ether oxygens (including phenoxy) is 1. The molecule has 1 aromatic carbocycles. The molecular weight excluding hydrogens is 230 g/mol. The van der Waals surface area contributed by atoms with Gasteiger partial charge in [0.1, 0.15) is 12.0 Å². The largest absolute Gasteiger partial charge is 0.494 e.